The molecule has 1 heterocycles. The number of para-hydroxylation sites is 1. The van der Waals surface area contributed by atoms with Crippen molar-refractivity contribution < 1.29 is 4.39 Å². The van der Waals surface area contributed by atoms with Gasteiger partial charge in [-0.25, -0.2) is 4.39 Å². The third-order valence-corrected chi connectivity index (χ3v) is 3.82. The van der Waals surface area contributed by atoms with E-state index in [1.54, 1.807) is 0 Å². The van der Waals surface area contributed by atoms with Crippen LogP contribution in [-0.2, 0) is 13.5 Å². The molecule has 0 amide bonds. The molecule has 2 N–H and O–H groups in total. The van der Waals surface area contributed by atoms with Crippen molar-refractivity contribution in [3.05, 3.63) is 30.0 Å². The van der Waals surface area contributed by atoms with Crippen molar-refractivity contribution in [3.63, 3.8) is 0 Å². The average Bonchev–Trinajstić information content (AvgIpc) is 2.67. The van der Waals surface area contributed by atoms with Crippen molar-refractivity contribution in [2.45, 2.75) is 26.4 Å². The fraction of sp³-hybridized carbons (Fsp3) is 0.533. The number of hydrogen-bond acceptors (Lipinski definition) is 2. The SMILES string of the molecule is CC(C)C(CN)C(F)Cc1nn(C)c2ccccc12. The van der Waals surface area contributed by atoms with Crippen molar-refractivity contribution in [3.8, 4) is 0 Å². The fourth-order valence-electron chi connectivity index (χ4n) is 2.61. The van der Waals surface area contributed by atoms with Crippen molar-refractivity contribution in [2.75, 3.05) is 6.54 Å². The van der Waals surface area contributed by atoms with Crippen LogP contribution in [0.25, 0.3) is 10.9 Å². The molecule has 2 aromatic rings. The number of alkyl halides is 1. The van der Waals surface area contributed by atoms with Gasteiger partial charge in [0.05, 0.1) is 11.2 Å². The molecule has 4 heteroatoms. The number of benzene rings is 1. The fourth-order valence-corrected chi connectivity index (χ4v) is 2.61. The van der Waals surface area contributed by atoms with E-state index in [0.717, 1.165) is 16.6 Å². The average molecular weight is 263 g/mol. The number of nitrogens with two attached hydrogens (primary N) is 1. The third-order valence-electron chi connectivity index (χ3n) is 3.82. The van der Waals surface area contributed by atoms with E-state index in [2.05, 4.69) is 5.10 Å². The number of rotatable bonds is 5. The summed E-state index contributed by atoms with van der Waals surface area (Å²) in [7, 11) is 1.89. The minimum atomic E-state index is -0.941. The van der Waals surface area contributed by atoms with Crippen LogP contribution in [0.5, 0.6) is 0 Å². The van der Waals surface area contributed by atoms with E-state index in [9.17, 15) is 4.39 Å². The van der Waals surface area contributed by atoms with Crippen molar-refractivity contribution >= 4 is 10.9 Å². The van der Waals surface area contributed by atoms with Gasteiger partial charge in [-0.05, 0) is 18.5 Å². The van der Waals surface area contributed by atoms with E-state index in [1.807, 2.05) is 49.8 Å². The van der Waals surface area contributed by atoms with Crippen molar-refractivity contribution in [2.24, 2.45) is 24.6 Å². The van der Waals surface area contributed by atoms with E-state index in [0.29, 0.717) is 13.0 Å². The zero-order valence-electron chi connectivity index (χ0n) is 11.8. The molecule has 0 aliphatic carbocycles. The Balaban J connectivity index is 2.26. The molecule has 0 bridgehead atoms. The van der Waals surface area contributed by atoms with Crippen LogP contribution >= 0.6 is 0 Å². The second-order valence-corrected chi connectivity index (χ2v) is 5.45. The highest BCUT2D eigenvalue weighted by Crippen LogP contribution is 2.24. The number of aryl methyl sites for hydroxylation is 1. The lowest BCUT2D eigenvalue weighted by Crippen LogP contribution is -2.30. The van der Waals surface area contributed by atoms with E-state index < -0.39 is 6.17 Å². The maximum absolute atomic E-state index is 14.4. The molecule has 2 rings (SSSR count). The van der Waals surface area contributed by atoms with Crippen LogP contribution < -0.4 is 5.73 Å². The van der Waals surface area contributed by atoms with Gasteiger partial charge in [0.25, 0.3) is 0 Å². The zero-order chi connectivity index (χ0) is 14.0. The molecular weight excluding hydrogens is 241 g/mol. The number of hydrogen-bond donors (Lipinski definition) is 1. The Kier molecular flexibility index (Phi) is 4.20. The standard InChI is InChI=1S/C15H22FN3/c1-10(2)12(9-17)13(16)8-14-11-6-4-5-7-15(11)19(3)18-14/h4-7,10,12-13H,8-9,17H2,1-3H3. The molecule has 104 valence electrons. The maximum Gasteiger partial charge on any atom is 0.110 e. The highest BCUT2D eigenvalue weighted by Gasteiger charge is 2.25. The van der Waals surface area contributed by atoms with E-state index in [-0.39, 0.29) is 11.8 Å². The quantitative estimate of drug-likeness (QED) is 0.901. The molecule has 0 saturated heterocycles. The summed E-state index contributed by atoms with van der Waals surface area (Å²) in [5.74, 6) is 0.135. The smallest absolute Gasteiger partial charge is 0.110 e. The van der Waals surface area contributed by atoms with Gasteiger partial charge in [-0.1, -0.05) is 32.0 Å². The first kappa shape index (κ1) is 14.0. The molecule has 0 saturated carbocycles. The topological polar surface area (TPSA) is 43.8 Å². The lowest BCUT2D eigenvalue weighted by Gasteiger charge is -2.22. The molecule has 0 fully saturated rings. The summed E-state index contributed by atoms with van der Waals surface area (Å²) in [5.41, 5.74) is 7.54. The van der Waals surface area contributed by atoms with Gasteiger partial charge in [-0.2, -0.15) is 5.10 Å². The summed E-state index contributed by atoms with van der Waals surface area (Å²) < 4.78 is 16.2. The maximum atomic E-state index is 14.4. The summed E-state index contributed by atoms with van der Waals surface area (Å²) in [5, 5.41) is 5.48. The minimum absolute atomic E-state index is 0.110. The van der Waals surface area contributed by atoms with Crippen molar-refractivity contribution in [1.82, 2.24) is 9.78 Å². The molecule has 0 radical (unpaired) electrons. The van der Waals surface area contributed by atoms with Gasteiger partial charge in [0.2, 0.25) is 0 Å². The van der Waals surface area contributed by atoms with Crippen molar-refractivity contribution in [1.29, 1.82) is 0 Å². The summed E-state index contributed by atoms with van der Waals surface area (Å²) in [6.45, 7) is 4.41. The number of aromatic nitrogens is 2. The molecule has 2 atom stereocenters. The third kappa shape index (κ3) is 2.78. The van der Waals surface area contributed by atoms with Gasteiger partial charge in [-0.3, -0.25) is 4.68 Å². The zero-order valence-corrected chi connectivity index (χ0v) is 11.8. The van der Waals surface area contributed by atoms with Gasteiger partial charge >= 0.3 is 0 Å². The predicted molar refractivity (Wildman–Crippen MR) is 76.7 cm³/mol. The van der Waals surface area contributed by atoms with Gasteiger partial charge in [0.1, 0.15) is 6.17 Å². The normalized spacial score (nSPS) is 15.1. The lowest BCUT2D eigenvalue weighted by molar-refractivity contribution is 0.184. The highest BCUT2D eigenvalue weighted by molar-refractivity contribution is 5.81. The number of fused-ring (bicyclic) bond motifs is 1. The van der Waals surface area contributed by atoms with Gasteiger partial charge < -0.3 is 5.73 Å². The Labute approximate surface area is 113 Å². The van der Waals surface area contributed by atoms with E-state index >= 15 is 0 Å². The first-order chi connectivity index (χ1) is 9.04. The van der Waals surface area contributed by atoms with E-state index in [4.69, 9.17) is 5.73 Å². The highest BCUT2D eigenvalue weighted by atomic mass is 19.1. The predicted octanol–water partition coefficient (Wildman–Crippen LogP) is 2.68. The van der Waals surface area contributed by atoms with Crippen LogP contribution in [-0.4, -0.2) is 22.5 Å². The molecule has 1 aromatic carbocycles. The number of halogens is 1. The van der Waals surface area contributed by atoms with Gasteiger partial charge in [0, 0.05) is 24.8 Å². The summed E-state index contributed by atoms with van der Waals surface area (Å²) in [6, 6.07) is 7.93. The van der Waals surface area contributed by atoms with Crippen LogP contribution in [0.1, 0.15) is 19.5 Å². The molecule has 2 unspecified atom stereocenters. The summed E-state index contributed by atoms with van der Waals surface area (Å²) in [4.78, 5) is 0. The second kappa shape index (κ2) is 5.70. The second-order valence-electron chi connectivity index (χ2n) is 5.45. The largest absolute Gasteiger partial charge is 0.330 e. The lowest BCUT2D eigenvalue weighted by atomic mass is 9.88. The molecule has 3 nitrogen and oxygen atoms in total. The van der Waals surface area contributed by atoms with E-state index in [1.165, 1.54) is 0 Å². The Bertz CT molecular complexity index is 547. The Morgan fingerprint density at radius 2 is 2.00 bits per heavy atom. The van der Waals surface area contributed by atoms with Crippen LogP contribution in [0.4, 0.5) is 4.39 Å². The van der Waals surface area contributed by atoms with Crippen LogP contribution in [0, 0.1) is 11.8 Å². The first-order valence-corrected chi connectivity index (χ1v) is 6.79. The Morgan fingerprint density at radius 1 is 1.32 bits per heavy atom. The molecule has 0 spiro atoms. The molecule has 19 heavy (non-hydrogen) atoms. The van der Waals surface area contributed by atoms with Crippen LogP contribution in [0.2, 0.25) is 0 Å². The molecular formula is C15H22FN3. The Hall–Kier alpha value is -1.42. The number of nitrogens with zero attached hydrogens (tertiary/aromatic N) is 2. The monoisotopic (exact) mass is 263 g/mol. The minimum Gasteiger partial charge on any atom is -0.330 e. The molecule has 0 aliphatic rings. The summed E-state index contributed by atoms with van der Waals surface area (Å²) in [6.07, 6.45) is -0.607. The van der Waals surface area contributed by atoms with Gasteiger partial charge in [-0.15, -0.1) is 0 Å². The Morgan fingerprint density at radius 3 is 2.63 bits per heavy atom. The van der Waals surface area contributed by atoms with Crippen LogP contribution in [0.3, 0.4) is 0 Å². The van der Waals surface area contributed by atoms with Gasteiger partial charge in [0.15, 0.2) is 0 Å². The molecule has 1 aromatic heterocycles. The first-order valence-electron chi connectivity index (χ1n) is 6.79. The summed E-state index contributed by atoms with van der Waals surface area (Å²) >= 11 is 0. The van der Waals surface area contributed by atoms with Crippen LogP contribution in [0.15, 0.2) is 24.3 Å². The molecule has 0 aliphatic heterocycles.